The zero-order valence-electron chi connectivity index (χ0n) is 12.6. The Morgan fingerprint density at radius 1 is 1.38 bits per heavy atom. The number of benzene rings is 1. The minimum atomic E-state index is 0. The van der Waals surface area contributed by atoms with Gasteiger partial charge < -0.3 is 10.6 Å². The van der Waals surface area contributed by atoms with Gasteiger partial charge in [0.15, 0.2) is 0 Å². The summed E-state index contributed by atoms with van der Waals surface area (Å²) in [5.41, 5.74) is 2.24. The Kier molecular flexibility index (Phi) is 8.81. The molecule has 1 aliphatic heterocycles. The Hall–Kier alpha value is -0.710. The van der Waals surface area contributed by atoms with Crippen LogP contribution < -0.4 is 10.6 Å². The fraction of sp³-hybridized carbons (Fsp3) is 0.562. The van der Waals surface area contributed by atoms with Crippen molar-refractivity contribution in [3.05, 3.63) is 29.8 Å². The molecule has 0 bridgehead atoms. The fourth-order valence-corrected chi connectivity index (χ4v) is 2.93. The van der Waals surface area contributed by atoms with E-state index in [0.29, 0.717) is 12.3 Å². The quantitative estimate of drug-likeness (QED) is 0.806. The summed E-state index contributed by atoms with van der Waals surface area (Å²) >= 11 is 1.86. The molecule has 1 fully saturated rings. The molecule has 0 aliphatic carbocycles. The third-order valence-electron chi connectivity index (χ3n) is 3.77. The van der Waals surface area contributed by atoms with E-state index in [1.165, 1.54) is 12.0 Å². The van der Waals surface area contributed by atoms with Gasteiger partial charge in [0, 0.05) is 12.1 Å². The summed E-state index contributed by atoms with van der Waals surface area (Å²) in [4.78, 5) is 11.9. The highest BCUT2D eigenvalue weighted by Gasteiger charge is 2.15. The van der Waals surface area contributed by atoms with Crippen molar-refractivity contribution in [3.8, 4) is 0 Å². The summed E-state index contributed by atoms with van der Waals surface area (Å²) in [5.74, 6) is 1.95. The zero-order valence-corrected chi connectivity index (χ0v) is 14.2. The van der Waals surface area contributed by atoms with Crippen LogP contribution in [0, 0.1) is 5.92 Å². The van der Waals surface area contributed by atoms with Gasteiger partial charge in [0.05, 0.1) is 0 Å². The number of thioether (sulfide) groups is 1. The molecule has 0 aromatic heterocycles. The van der Waals surface area contributed by atoms with Gasteiger partial charge in [0.25, 0.3) is 0 Å². The number of hydrogen-bond acceptors (Lipinski definition) is 3. The molecule has 5 heteroatoms. The topological polar surface area (TPSA) is 41.1 Å². The molecule has 0 saturated carbocycles. The molecule has 2 rings (SSSR count). The van der Waals surface area contributed by atoms with E-state index >= 15 is 0 Å². The first kappa shape index (κ1) is 18.3. The van der Waals surface area contributed by atoms with Crippen LogP contribution in [0.2, 0.25) is 0 Å². The molecule has 1 heterocycles. The number of anilines is 1. The maximum Gasteiger partial charge on any atom is 0.224 e. The fourth-order valence-electron chi connectivity index (χ4n) is 2.49. The number of carbonyl (C=O) groups is 1. The molecule has 118 valence electrons. The van der Waals surface area contributed by atoms with Crippen molar-refractivity contribution in [1.29, 1.82) is 0 Å². The van der Waals surface area contributed by atoms with Gasteiger partial charge in [-0.3, -0.25) is 4.79 Å². The van der Waals surface area contributed by atoms with Crippen LogP contribution in [0.15, 0.2) is 24.3 Å². The molecule has 1 aromatic rings. The minimum Gasteiger partial charge on any atom is -0.326 e. The van der Waals surface area contributed by atoms with Crippen LogP contribution >= 0.6 is 24.2 Å². The molecule has 0 radical (unpaired) electrons. The molecule has 1 aliphatic rings. The number of amides is 1. The van der Waals surface area contributed by atoms with Gasteiger partial charge in [-0.05, 0) is 68.0 Å². The first-order chi connectivity index (χ1) is 9.78. The van der Waals surface area contributed by atoms with E-state index in [4.69, 9.17) is 0 Å². The van der Waals surface area contributed by atoms with Crippen LogP contribution in [0.4, 0.5) is 5.69 Å². The smallest absolute Gasteiger partial charge is 0.224 e. The van der Waals surface area contributed by atoms with Crippen molar-refractivity contribution in [2.24, 2.45) is 5.92 Å². The van der Waals surface area contributed by atoms with Gasteiger partial charge >= 0.3 is 0 Å². The average Bonchev–Trinajstić information content (AvgIpc) is 2.98. The summed E-state index contributed by atoms with van der Waals surface area (Å²) < 4.78 is 0. The number of aryl methyl sites for hydroxylation is 1. The molecule has 0 spiro atoms. The van der Waals surface area contributed by atoms with E-state index < -0.39 is 0 Å². The lowest BCUT2D eigenvalue weighted by Gasteiger charge is -2.09. The maximum atomic E-state index is 11.9. The third-order valence-corrected chi connectivity index (χ3v) is 4.39. The van der Waals surface area contributed by atoms with Crippen molar-refractivity contribution in [1.82, 2.24) is 5.32 Å². The molecule has 1 unspecified atom stereocenters. The molecule has 1 aromatic carbocycles. The first-order valence-corrected chi connectivity index (χ1v) is 8.76. The summed E-state index contributed by atoms with van der Waals surface area (Å²) in [5, 5.41) is 6.32. The van der Waals surface area contributed by atoms with Crippen LogP contribution in [0.25, 0.3) is 0 Å². The highest BCUT2D eigenvalue weighted by atomic mass is 35.5. The molecular weight excluding hydrogens is 304 g/mol. The van der Waals surface area contributed by atoms with Crippen molar-refractivity contribution in [3.63, 3.8) is 0 Å². The molecule has 1 atom stereocenters. The molecule has 1 amide bonds. The molecule has 1 saturated heterocycles. The van der Waals surface area contributed by atoms with Crippen molar-refractivity contribution in [2.75, 3.05) is 30.4 Å². The van der Waals surface area contributed by atoms with Gasteiger partial charge in [-0.15, -0.1) is 12.4 Å². The number of rotatable bonds is 7. The van der Waals surface area contributed by atoms with E-state index in [9.17, 15) is 4.79 Å². The number of nitrogens with one attached hydrogen (secondary N) is 2. The van der Waals surface area contributed by atoms with Crippen molar-refractivity contribution < 1.29 is 4.79 Å². The number of halogens is 1. The van der Waals surface area contributed by atoms with Gasteiger partial charge in [-0.2, -0.15) is 11.8 Å². The monoisotopic (exact) mass is 328 g/mol. The van der Waals surface area contributed by atoms with Crippen molar-refractivity contribution >= 4 is 35.8 Å². The molecule has 3 nitrogen and oxygen atoms in total. The van der Waals surface area contributed by atoms with E-state index in [1.807, 2.05) is 23.9 Å². The standard InChI is InChI=1S/C16H24N2OS.ClH/c1-20-11-9-13-2-5-15(6-3-13)18-16(19)7-4-14-8-10-17-12-14;/h2-3,5-6,14,17H,4,7-12H2,1H3,(H,18,19);1H. The van der Waals surface area contributed by atoms with E-state index in [2.05, 4.69) is 29.0 Å². The van der Waals surface area contributed by atoms with Crippen LogP contribution in [0.1, 0.15) is 24.8 Å². The summed E-state index contributed by atoms with van der Waals surface area (Å²) in [6.07, 6.45) is 6.03. The lowest BCUT2D eigenvalue weighted by Crippen LogP contribution is -2.15. The van der Waals surface area contributed by atoms with Gasteiger partial charge in [0.2, 0.25) is 5.91 Å². The zero-order chi connectivity index (χ0) is 14.2. The van der Waals surface area contributed by atoms with Crippen molar-refractivity contribution in [2.45, 2.75) is 25.7 Å². The average molecular weight is 329 g/mol. The second-order valence-corrected chi connectivity index (χ2v) is 6.37. The predicted octanol–water partition coefficient (Wildman–Crippen LogP) is 3.34. The number of carbonyl (C=O) groups excluding carboxylic acids is 1. The summed E-state index contributed by atoms with van der Waals surface area (Å²) in [6, 6.07) is 8.22. The highest BCUT2D eigenvalue weighted by Crippen LogP contribution is 2.16. The van der Waals surface area contributed by atoms with Crippen LogP contribution in [-0.2, 0) is 11.2 Å². The van der Waals surface area contributed by atoms with E-state index in [-0.39, 0.29) is 18.3 Å². The third kappa shape index (κ3) is 6.72. The van der Waals surface area contributed by atoms with Crippen LogP contribution in [0.3, 0.4) is 0 Å². The minimum absolute atomic E-state index is 0. The largest absolute Gasteiger partial charge is 0.326 e. The molecular formula is C16H25ClN2OS. The Bertz CT molecular complexity index is 419. The SMILES string of the molecule is CSCCc1ccc(NC(=O)CCC2CCNC2)cc1.Cl. The van der Waals surface area contributed by atoms with Gasteiger partial charge in [-0.25, -0.2) is 0 Å². The Morgan fingerprint density at radius 3 is 2.76 bits per heavy atom. The second kappa shape index (κ2) is 10.1. The first-order valence-electron chi connectivity index (χ1n) is 7.36. The lowest BCUT2D eigenvalue weighted by molar-refractivity contribution is -0.116. The Labute approximate surface area is 138 Å². The Morgan fingerprint density at radius 2 is 2.14 bits per heavy atom. The number of hydrogen-bond donors (Lipinski definition) is 2. The van der Waals surface area contributed by atoms with E-state index in [0.717, 1.165) is 37.4 Å². The lowest BCUT2D eigenvalue weighted by atomic mass is 10.0. The Balaban J connectivity index is 0.00000220. The maximum absolute atomic E-state index is 11.9. The van der Waals surface area contributed by atoms with Crippen LogP contribution in [-0.4, -0.2) is 31.0 Å². The van der Waals surface area contributed by atoms with Gasteiger partial charge in [-0.1, -0.05) is 12.1 Å². The summed E-state index contributed by atoms with van der Waals surface area (Å²) in [7, 11) is 0. The molecule has 2 N–H and O–H groups in total. The molecule has 21 heavy (non-hydrogen) atoms. The highest BCUT2D eigenvalue weighted by molar-refractivity contribution is 7.98. The van der Waals surface area contributed by atoms with Gasteiger partial charge in [0.1, 0.15) is 0 Å². The van der Waals surface area contributed by atoms with E-state index in [1.54, 1.807) is 0 Å². The van der Waals surface area contributed by atoms with Crippen LogP contribution in [0.5, 0.6) is 0 Å². The normalized spacial score (nSPS) is 17.3. The summed E-state index contributed by atoms with van der Waals surface area (Å²) in [6.45, 7) is 2.17. The second-order valence-electron chi connectivity index (χ2n) is 5.39. The predicted molar refractivity (Wildman–Crippen MR) is 94.6 cm³/mol.